The van der Waals surface area contributed by atoms with Crippen molar-refractivity contribution in [2.75, 3.05) is 30.8 Å². The number of carbonyl (C=O) groups excluding carboxylic acids is 1. The number of unbranched alkanes of at least 4 members (excludes halogenated alkanes) is 1. The van der Waals surface area contributed by atoms with Crippen molar-refractivity contribution in [3.8, 4) is 0 Å². The molecule has 2 N–H and O–H groups in total. The zero-order chi connectivity index (χ0) is 21.6. The molecule has 0 fully saturated rings. The number of rotatable bonds is 9. The van der Waals surface area contributed by atoms with E-state index in [4.69, 9.17) is 0 Å². The zero-order valence-electron chi connectivity index (χ0n) is 17.3. The molecule has 158 valence electrons. The third-order valence-corrected chi connectivity index (χ3v) is 6.75. The van der Waals surface area contributed by atoms with Crippen molar-refractivity contribution in [1.29, 1.82) is 0 Å². The summed E-state index contributed by atoms with van der Waals surface area (Å²) in [6, 6.07) is 20.2. The van der Waals surface area contributed by atoms with Crippen molar-refractivity contribution in [2.24, 2.45) is 0 Å². The summed E-state index contributed by atoms with van der Waals surface area (Å²) in [5, 5.41) is 8.07. The second-order valence-electron chi connectivity index (χ2n) is 7.17. The highest BCUT2D eigenvalue weighted by atomic mass is 32.2. The van der Waals surface area contributed by atoms with Gasteiger partial charge in [-0.3, -0.25) is 4.79 Å². The number of carbonyl (C=O) groups is 1. The molecule has 0 aliphatic rings. The lowest BCUT2D eigenvalue weighted by molar-refractivity contribution is -0.114. The molecule has 0 atom stereocenters. The van der Waals surface area contributed by atoms with Crippen LogP contribution in [0.15, 0.2) is 71.6 Å². The SMILES string of the molecule is CCCCN(C)S(=O)(=O)c1ccc(NCC(=O)Nc2ccc3ccccc3c2)cc1. The Bertz CT molecular complexity index is 1110. The van der Waals surface area contributed by atoms with Crippen LogP contribution in [0.5, 0.6) is 0 Å². The van der Waals surface area contributed by atoms with Crippen molar-refractivity contribution < 1.29 is 13.2 Å². The molecule has 30 heavy (non-hydrogen) atoms. The Balaban J connectivity index is 1.57. The van der Waals surface area contributed by atoms with E-state index in [0.29, 0.717) is 12.2 Å². The van der Waals surface area contributed by atoms with Crippen LogP contribution in [0.25, 0.3) is 10.8 Å². The molecule has 3 aromatic carbocycles. The maximum absolute atomic E-state index is 12.6. The molecule has 0 radical (unpaired) electrons. The summed E-state index contributed by atoms with van der Waals surface area (Å²) in [7, 11) is -1.90. The topological polar surface area (TPSA) is 78.5 Å². The number of hydrogen-bond acceptors (Lipinski definition) is 4. The van der Waals surface area contributed by atoms with Crippen LogP contribution >= 0.6 is 0 Å². The fourth-order valence-electron chi connectivity index (χ4n) is 3.08. The van der Waals surface area contributed by atoms with Crippen LogP contribution in [-0.4, -0.2) is 38.8 Å². The lowest BCUT2D eigenvalue weighted by atomic mass is 10.1. The van der Waals surface area contributed by atoms with Crippen LogP contribution in [0.1, 0.15) is 19.8 Å². The molecule has 7 heteroatoms. The Morgan fingerprint density at radius 2 is 1.60 bits per heavy atom. The quantitative estimate of drug-likeness (QED) is 0.535. The molecule has 0 aliphatic carbocycles. The summed E-state index contributed by atoms with van der Waals surface area (Å²) in [4.78, 5) is 12.5. The molecule has 0 heterocycles. The largest absolute Gasteiger partial charge is 0.376 e. The molecule has 3 rings (SSSR count). The van der Waals surface area contributed by atoms with E-state index in [1.165, 1.54) is 4.31 Å². The van der Waals surface area contributed by atoms with Gasteiger partial charge in [0.2, 0.25) is 15.9 Å². The highest BCUT2D eigenvalue weighted by molar-refractivity contribution is 7.89. The molecular weight excluding hydrogens is 398 g/mol. The summed E-state index contributed by atoms with van der Waals surface area (Å²) in [5.74, 6) is -0.179. The zero-order valence-corrected chi connectivity index (χ0v) is 18.1. The summed E-state index contributed by atoms with van der Waals surface area (Å²) >= 11 is 0. The number of sulfonamides is 1. The molecule has 1 amide bonds. The predicted molar refractivity (Wildman–Crippen MR) is 122 cm³/mol. The van der Waals surface area contributed by atoms with Crippen LogP contribution in [0.3, 0.4) is 0 Å². The molecule has 6 nitrogen and oxygen atoms in total. The van der Waals surface area contributed by atoms with Crippen LogP contribution in [0.2, 0.25) is 0 Å². The number of nitrogens with zero attached hydrogens (tertiary/aromatic N) is 1. The maximum atomic E-state index is 12.6. The minimum Gasteiger partial charge on any atom is -0.376 e. The Kier molecular flexibility index (Phi) is 7.07. The highest BCUT2D eigenvalue weighted by Gasteiger charge is 2.19. The van der Waals surface area contributed by atoms with E-state index < -0.39 is 10.0 Å². The number of hydrogen-bond donors (Lipinski definition) is 2. The first-order chi connectivity index (χ1) is 14.4. The van der Waals surface area contributed by atoms with Crippen molar-refractivity contribution in [2.45, 2.75) is 24.7 Å². The summed E-state index contributed by atoms with van der Waals surface area (Å²) in [6.45, 7) is 2.60. The minimum absolute atomic E-state index is 0.0787. The Labute approximate surface area is 178 Å². The van der Waals surface area contributed by atoms with Gasteiger partial charge in [0, 0.05) is 25.0 Å². The van der Waals surface area contributed by atoms with E-state index in [1.54, 1.807) is 31.3 Å². The number of fused-ring (bicyclic) bond motifs is 1. The Morgan fingerprint density at radius 1 is 0.933 bits per heavy atom. The van der Waals surface area contributed by atoms with Gasteiger partial charge in [-0.1, -0.05) is 43.7 Å². The van der Waals surface area contributed by atoms with Gasteiger partial charge in [-0.15, -0.1) is 0 Å². The molecule has 0 bridgehead atoms. The van der Waals surface area contributed by atoms with Crippen LogP contribution in [-0.2, 0) is 14.8 Å². The Morgan fingerprint density at radius 3 is 2.30 bits per heavy atom. The highest BCUT2D eigenvalue weighted by Crippen LogP contribution is 2.20. The van der Waals surface area contributed by atoms with Gasteiger partial charge in [-0.2, -0.15) is 0 Å². The molecule has 0 spiro atoms. The first-order valence-electron chi connectivity index (χ1n) is 9.99. The third kappa shape index (κ3) is 5.37. The Hall–Kier alpha value is -2.90. The van der Waals surface area contributed by atoms with E-state index in [1.807, 2.05) is 49.4 Å². The van der Waals surface area contributed by atoms with Crippen molar-refractivity contribution >= 4 is 38.1 Å². The lowest BCUT2D eigenvalue weighted by Crippen LogP contribution is -2.27. The molecule has 0 saturated carbocycles. The number of nitrogens with one attached hydrogen (secondary N) is 2. The fourth-order valence-corrected chi connectivity index (χ4v) is 4.29. The van der Waals surface area contributed by atoms with Gasteiger partial charge in [-0.05, 0) is 53.6 Å². The first kappa shape index (κ1) is 21.8. The summed E-state index contributed by atoms with van der Waals surface area (Å²) in [5.41, 5.74) is 1.41. The maximum Gasteiger partial charge on any atom is 0.243 e. The number of benzene rings is 3. The van der Waals surface area contributed by atoms with Gasteiger partial charge in [0.15, 0.2) is 0 Å². The van der Waals surface area contributed by atoms with E-state index in [-0.39, 0.29) is 17.3 Å². The van der Waals surface area contributed by atoms with E-state index in [2.05, 4.69) is 10.6 Å². The smallest absolute Gasteiger partial charge is 0.243 e. The summed E-state index contributed by atoms with van der Waals surface area (Å²) in [6.07, 6.45) is 1.76. The van der Waals surface area contributed by atoms with Gasteiger partial charge < -0.3 is 10.6 Å². The molecule has 0 saturated heterocycles. The van der Waals surface area contributed by atoms with Gasteiger partial charge in [0.05, 0.1) is 11.4 Å². The predicted octanol–water partition coefficient (Wildman–Crippen LogP) is 4.31. The third-order valence-electron chi connectivity index (χ3n) is 4.88. The average molecular weight is 426 g/mol. The van der Waals surface area contributed by atoms with Gasteiger partial charge >= 0.3 is 0 Å². The standard InChI is InChI=1S/C23H27N3O3S/c1-3-4-15-26(2)30(28,29)22-13-11-20(12-14-22)24-17-23(27)25-21-10-9-18-7-5-6-8-19(18)16-21/h5-14,16,24H,3-4,15,17H2,1-2H3,(H,25,27). The average Bonchev–Trinajstić information content (AvgIpc) is 2.76. The van der Waals surface area contributed by atoms with Crippen molar-refractivity contribution in [3.05, 3.63) is 66.7 Å². The minimum atomic E-state index is -3.49. The number of amides is 1. The van der Waals surface area contributed by atoms with Crippen LogP contribution in [0, 0.1) is 0 Å². The van der Waals surface area contributed by atoms with E-state index in [0.717, 1.165) is 29.3 Å². The summed E-state index contributed by atoms with van der Waals surface area (Å²) < 4.78 is 26.5. The second kappa shape index (κ2) is 9.73. The molecular formula is C23H27N3O3S. The van der Waals surface area contributed by atoms with Crippen molar-refractivity contribution in [1.82, 2.24) is 4.31 Å². The molecule has 3 aromatic rings. The normalized spacial score (nSPS) is 11.6. The van der Waals surface area contributed by atoms with Crippen LogP contribution in [0.4, 0.5) is 11.4 Å². The second-order valence-corrected chi connectivity index (χ2v) is 9.21. The van der Waals surface area contributed by atoms with Gasteiger partial charge in [0.25, 0.3) is 0 Å². The molecule has 0 aromatic heterocycles. The van der Waals surface area contributed by atoms with E-state index >= 15 is 0 Å². The molecule has 0 aliphatic heterocycles. The van der Waals surface area contributed by atoms with Gasteiger partial charge in [0.1, 0.15) is 0 Å². The monoisotopic (exact) mass is 425 g/mol. The lowest BCUT2D eigenvalue weighted by Gasteiger charge is -2.17. The van der Waals surface area contributed by atoms with Gasteiger partial charge in [-0.25, -0.2) is 12.7 Å². The number of anilines is 2. The van der Waals surface area contributed by atoms with E-state index in [9.17, 15) is 13.2 Å². The van der Waals surface area contributed by atoms with Crippen molar-refractivity contribution in [3.63, 3.8) is 0 Å². The van der Waals surface area contributed by atoms with Crippen LogP contribution < -0.4 is 10.6 Å². The molecule has 0 unspecified atom stereocenters. The first-order valence-corrected chi connectivity index (χ1v) is 11.4. The fraction of sp³-hybridized carbons (Fsp3) is 0.261.